The minimum atomic E-state index is -0.819. The number of carbonyl (C=O) groups excluding carboxylic acids is 3. The summed E-state index contributed by atoms with van der Waals surface area (Å²) >= 11 is 0. The van der Waals surface area contributed by atoms with Crippen LogP contribution in [0.25, 0.3) is 0 Å². The van der Waals surface area contributed by atoms with Crippen LogP contribution in [0.15, 0.2) is 16.8 Å². The van der Waals surface area contributed by atoms with E-state index in [-0.39, 0.29) is 29.8 Å². The van der Waals surface area contributed by atoms with Crippen LogP contribution in [0.4, 0.5) is 0 Å². The van der Waals surface area contributed by atoms with Crippen LogP contribution in [0.2, 0.25) is 0 Å². The molecule has 8 nitrogen and oxygen atoms in total. The van der Waals surface area contributed by atoms with Gasteiger partial charge in [0.25, 0.3) is 11.8 Å². The molecule has 1 heterocycles. The fourth-order valence-electron chi connectivity index (χ4n) is 7.57. The lowest BCUT2D eigenvalue weighted by molar-refractivity contribution is -0.200. The fourth-order valence-corrected chi connectivity index (χ4v) is 7.57. The molecule has 1 N–H and O–H groups in total. The zero-order chi connectivity index (χ0) is 23.4. The largest absolute Gasteiger partial charge is 0.393 e. The number of hydroxylamine groups is 2. The molecule has 0 aromatic carbocycles. The summed E-state index contributed by atoms with van der Waals surface area (Å²) in [5.74, 6) is 0.116. The number of imide groups is 1. The number of hydrogen-bond acceptors (Lipinski definition) is 7. The smallest absolute Gasteiger partial charge is 0.373 e. The number of carbonyl (C=O) groups is 3. The van der Waals surface area contributed by atoms with E-state index in [0.717, 1.165) is 50.7 Å². The standard InChI is InChI=1S/C25H34N2O6/c1-24-11-9-16(26-32-14-23(31)33-27-21(29)7-8-22(27)30)13-15(24)3-4-17-18-5-6-20(28)25(18,2)12-10-19(17)24/h13,17-20,28H,3-12,14H2,1-2H3/b26-16+/t17-,18+,19-,20+,24+,25+/m1/s1. The second-order valence-electron chi connectivity index (χ2n) is 11.0. The van der Waals surface area contributed by atoms with E-state index in [4.69, 9.17) is 9.68 Å². The molecule has 6 atom stereocenters. The van der Waals surface area contributed by atoms with Gasteiger partial charge in [-0.1, -0.05) is 24.6 Å². The number of rotatable bonds is 4. The van der Waals surface area contributed by atoms with Gasteiger partial charge < -0.3 is 14.8 Å². The Bertz CT molecular complexity index is 912. The molecule has 5 aliphatic rings. The second-order valence-corrected chi connectivity index (χ2v) is 11.0. The lowest BCUT2D eigenvalue weighted by Crippen LogP contribution is -2.51. The van der Waals surface area contributed by atoms with Gasteiger partial charge in [-0.25, -0.2) is 4.79 Å². The molecule has 2 amide bonds. The summed E-state index contributed by atoms with van der Waals surface area (Å²) in [4.78, 5) is 45.0. The lowest BCUT2D eigenvalue weighted by Gasteiger charge is -2.57. The molecule has 3 saturated carbocycles. The van der Waals surface area contributed by atoms with Crippen molar-refractivity contribution in [2.75, 3.05) is 6.61 Å². The summed E-state index contributed by atoms with van der Waals surface area (Å²) in [5.41, 5.74) is 2.49. The van der Waals surface area contributed by atoms with Crippen molar-refractivity contribution < 1.29 is 29.2 Å². The third kappa shape index (κ3) is 3.70. The molecule has 0 aromatic rings. The summed E-state index contributed by atoms with van der Waals surface area (Å²) in [6, 6.07) is 0. The Kier molecular flexibility index (Phi) is 5.62. The van der Waals surface area contributed by atoms with Gasteiger partial charge in [0, 0.05) is 12.8 Å². The normalized spacial score (nSPS) is 41.4. The van der Waals surface area contributed by atoms with Crippen LogP contribution in [0.1, 0.15) is 78.1 Å². The van der Waals surface area contributed by atoms with E-state index in [9.17, 15) is 19.5 Å². The maximum atomic E-state index is 11.9. The summed E-state index contributed by atoms with van der Waals surface area (Å²) in [5, 5.41) is 15.3. The Balaban J connectivity index is 1.22. The zero-order valence-corrected chi connectivity index (χ0v) is 19.5. The number of oxime groups is 1. The third-order valence-corrected chi connectivity index (χ3v) is 9.49. The maximum Gasteiger partial charge on any atom is 0.373 e. The Labute approximate surface area is 194 Å². The van der Waals surface area contributed by atoms with Crippen LogP contribution in [-0.4, -0.2) is 46.4 Å². The third-order valence-electron chi connectivity index (χ3n) is 9.49. The van der Waals surface area contributed by atoms with E-state index < -0.39 is 24.4 Å². The predicted molar refractivity (Wildman–Crippen MR) is 118 cm³/mol. The van der Waals surface area contributed by atoms with Gasteiger partial charge in [0.2, 0.25) is 6.61 Å². The van der Waals surface area contributed by atoms with Crippen LogP contribution < -0.4 is 0 Å². The SMILES string of the molecule is C[C@]12CC[C@@H]3[C@H](CCC4=C/C(=N/OCC(=O)ON5C(=O)CCC5=O)CC[C@@]43C)[C@@H]1CC[C@@H]2O. The summed E-state index contributed by atoms with van der Waals surface area (Å²) < 4.78 is 0. The first-order valence-electron chi connectivity index (χ1n) is 12.4. The number of amides is 2. The van der Waals surface area contributed by atoms with Gasteiger partial charge in [-0.05, 0) is 86.0 Å². The van der Waals surface area contributed by atoms with Gasteiger partial charge in [-0.3, -0.25) is 9.59 Å². The Morgan fingerprint density at radius 3 is 2.58 bits per heavy atom. The highest BCUT2D eigenvalue weighted by Crippen LogP contribution is 2.65. The number of aliphatic hydroxyl groups excluding tert-OH is 1. The molecule has 1 aliphatic heterocycles. The first-order chi connectivity index (χ1) is 15.7. The number of nitrogens with zero attached hydrogens (tertiary/aromatic N) is 2. The molecule has 33 heavy (non-hydrogen) atoms. The van der Waals surface area contributed by atoms with Crippen LogP contribution in [0.3, 0.4) is 0 Å². The molecule has 180 valence electrons. The quantitative estimate of drug-likeness (QED) is 0.512. The van der Waals surface area contributed by atoms with Crippen LogP contribution in [-0.2, 0) is 24.1 Å². The molecular formula is C25H34N2O6. The van der Waals surface area contributed by atoms with Crippen molar-refractivity contribution in [2.45, 2.75) is 84.2 Å². The van der Waals surface area contributed by atoms with Crippen LogP contribution in [0.5, 0.6) is 0 Å². The minimum absolute atomic E-state index is 0.0596. The molecule has 0 radical (unpaired) electrons. The van der Waals surface area contributed by atoms with E-state index in [1.807, 2.05) is 0 Å². The minimum Gasteiger partial charge on any atom is -0.393 e. The average Bonchev–Trinajstić information content (AvgIpc) is 3.26. The van der Waals surface area contributed by atoms with Crippen molar-refractivity contribution in [3.63, 3.8) is 0 Å². The molecule has 0 aromatic heterocycles. The molecule has 0 spiro atoms. The monoisotopic (exact) mass is 458 g/mol. The highest BCUT2D eigenvalue weighted by atomic mass is 16.7. The summed E-state index contributed by atoms with van der Waals surface area (Å²) in [6.07, 6.45) is 10.5. The van der Waals surface area contributed by atoms with E-state index in [0.29, 0.717) is 22.8 Å². The van der Waals surface area contributed by atoms with Crippen molar-refractivity contribution >= 4 is 23.5 Å². The Hall–Kier alpha value is -2.22. The molecule has 5 rings (SSSR count). The van der Waals surface area contributed by atoms with Crippen molar-refractivity contribution in [3.8, 4) is 0 Å². The molecule has 0 unspecified atom stereocenters. The van der Waals surface area contributed by atoms with E-state index in [1.54, 1.807) is 0 Å². The summed E-state index contributed by atoms with van der Waals surface area (Å²) in [7, 11) is 0. The number of hydrogen-bond donors (Lipinski definition) is 1. The average molecular weight is 459 g/mol. The summed E-state index contributed by atoms with van der Waals surface area (Å²) in [6.45, 7) is 4.26. The number of aliphatic hydroxyl groups is 1. The predicted octanol–water partition coefficient (Wildman–Crippen LogP) is 3.29. The van der Waals surface area contributed by atoms with Gasteiger partial charge in [-0.2, -0.15) is 0 Å². The molecule has 8 heteroatoms. The molecule has 4 fully saturated rings. The number of allylic oxidation sites excluding steroid dienone is 2. The molecule has 0 bridgehead atoms. The van der Waals surface area contributed by atoms with E-state index >= 15 is 0 Å². The Morgan fingerprint density at radius 1 is 1.06 bits per heavy atom. The highest BCUT2D eigenvalue weighted by molar-refractivity contribution is 6.01. The Morgan fingerprint density at radius 2 is 1.82 bits per heavy atom. The van der Waals surface area contributed by atoms with Gasteiger partial charge in [0.1, 0.15) is 0 Å². The van der Waals surface area contributed by atoms with Crippen molar-refractivity contribution in [3.05, 3.63) is 11.6 Å². The van der Waals surface area contributed by atoms with Crippen LogP contribution in [0, 0.1) is 28.6 Å². The first kappa shape index (κ1) is 22.6. The van der Waals surface area contributed by atoms with E-state index in [2.05, 4.69) is 25.1 Å². The molecule has 1 saturated heterocycles. The first-order valence-corrected chi connectivity index (χ1v) is 12.4. The molecular weight excluding hydrogens is 424 g/mol. The lowest BCUT2D eigenvalue weighted by atomic mass is 9.47. The number of fused-ring (bicyclic) bond motifs is 5. The van der Waals surface area contributed by atoms with E-state index in [1.165, 1.54) is 12.0 Å². The van der Waals surface area contributed by atoms with Gasteiger partial charge in [0.05, 0.1) is 11.8 Å². The molecule has 4 aliphatic carbocycles. The van der Waals surface area contributed by atoms with Crippen molar-refractivity contribution in [1.29, 1.82) is 0 Å². The highest BCUT2D eigenvalue weighted by Gasteiger charge is 2.58. The van der Waals surface area contributed by atoms with Crippen molar-refractivity contribution in [1.82, 2.24) is 5.06 Å². The van der Waals surface area contributed by atoms with Gasteiger partial charge in [0.15, 0.2) is 0 Å². The fraction of sp³-hybridized carbons (Fsp3) is 0.760. The topological polar surface area (TPSA) is 106 Å². The second kappa shape index (κ2) is 8.22. The van der Waals surface area contributed by atoms with Gasteiger partial charge >= 0.3 is 5.97 Å². The van der Waals surface area contributed by atoms with Crippen LogP contribution >= 0.6 is 0 Å². The van der Waals surface area contributed by atoms with Gasteiger partial charge in [-0.15, -0.1) is 5.06 Å². The maximum absolute atomic E-state index is 11.9. The van der Waals surface area contributed by atoms with Crippen molar-refractivity contribution in [2.24, 2.45) is 33.7 Å². The zero-order valence-electron chi connectivity index (χ0n) is 19.5.